The minimum absolute atomic E-state index is 0. The number of benzene rings is 1. The fourth-order valence-electron chi connectivity index (χ4n) is 3.72. The third kappa shape index (κ3) is 7.48. The summed E-state index contributed by atoms with van der Waals surface area (Å²) >= 11 is 0. The molecule has 180 valence electrons. The van der Waals surface area contributed by atoms with E-state index in [1.165, 1.54) is 6.42 Å². The lowest BCUT2D eigenvalue weighted by Crippen LogP contribution is -2.48. The van der Waals surface area contributed by atoms with Crippen LogP contribution >= 0.6 is 24.0 Å². The highest BCUT2D eigenvalue weighted by molar-refractivity contribution is 14.0. The molecule has 0 radical (unpaired) electrons. The number of anilines is 1. The Morgan fingerprint density at radius 2 is 1.94 bits per heavy atom. The fraction of sp³-hybridized carbons (Fsp3) is 0.619. The standard InChI is InChI=1S/C21H29F3N4O3.HI/c1-25-21(26-12-18(29)27-17-6-5-16(22)19(23)20(17)24)28-9-7-14(8-10-28)31-13-15-4-2-3-11-30-15;/h5-6,14-15H,2-4,7-13H2,1H3,(H,25,26)(H,27,29);1H. The van der Waals surface area contributed by atoms with Crippen molar-refractivity contribution < 1.29 is 27.4 Å². The largest absolute Gasteiger partial charge is 0.376 e. The maximum Gasteiger partial charge on any atom is 0.243 e. The van der Waals surface area contributed by atoms with Crippen LogP contribution in [-0.2, 0) is 14.3 Å². The number of piperidine rings is 1. The number of hydrogen-bond acceptors (Lipinski definition) is 4. The first-order valence-electron chi connectivity index (χ1n) is 10.6. The molecular formula is C21H30F3IN4O3. The molecule has 0 aliphatic carbocycles. The molecule has 0 aromatic heterocycles. The SMILES string of the molecule is CN=C(NCC(=O)Nc1ccc(F)c(F)c1F)N1CCC(OCC2CCCCO2)CC1.I. The van der Waals surface area contributed by atoms with Crippen LogP contribution in [0.3, 0.4) is 0 Å². The predicted molar refractivity (Wildman–Crippen MR) is 126 cm³/mol. The van der Waals surface area contributed by atoms with Gasteiger partial charge in [-0.15, -0.1) is 24.0 Å². The number of carbonyl (C=O) groups is 1. The first kappa shape index (κ1) is 26.7. The topological polar surface area (TPSA) is 75.2 Å². The number of amides is 1. The molecule has 1 aromatic rings. The van der Waals surface area contributed by atoms with Crippen molar-refractivity contribution in [3.05, 3.63) is 29.6 Å². The Labute approximate surface area is 203 Å². The molecule has 1 unspecified atom stereocenters. The van der Waals surface area contributed by atoms with Crippen molar-refractivity contribution in [1.82, 2.24) is 10.2 Å². The van der Waals surface area contributed by atoms with Gasteiger partial charge in [0.2, 0.25) is 5.91 Å². The quantitative estimate of drug-likeness (QED) is 0.238. The van der Waals surface area contributed by atoms with E-state index in [-0.39, 0.29) is 42.7 Å². The molecule has 0 spiro atoms. The molecule has 0 saturated carbocycles. The number of halogens is 4. The van der Waals surface area contributed by atoms with E-state index in [1.54, 1.807) is 7.05 Å². The molecule has 2 saturated heterocycles. The van der Waals surface area contributed by atoms with E-state index >= 15 is 0 Å². The van der Waals surface area contributed by atoms with Gasteiger partial charge < -0.3 is 25.0 Å². The molecule has 2 N–H and O–H groups in total. The summed E-state index contributed by atoms with van der Waals surface area (Å²) in [6.07, 6.45) is 5.38. The van der Waals surface area contributed by atoms with Crippen molar-refractivity contribution in [2.75, 3.05) is 45.2 Å². The minimum atomic E-state index is -1.62. The zero-order chi connectivity index (χ0) is 22.2. The zero-order valence-corrected chi connectivity index (χ0v) is 20.4. The summed E-state index contributed by atoms with van der Waals surface area (Å²) in [4.78, 5) is 18.3. The molecule has 2 fully saturated rings. The number of rotatable bonds is 6. The number of guanidine groups is 1. The molecule has 2 heterocycles. The highest BCUT2D eigenvalue weighted by atomic mass is 127. The van der Waals surface area contributed by atoms with Gasteiger partial charge in [-0.3, -0.25) is 9.79 Å². The second-order valence-electron chi connectivity index (χ2n) is 7.68. The van der Waals surface area contributed by atoms with Gasteiger partial charge in [0.05, 0.1) is 31.0 Å². The van der Waals surface area contributed by atoms with Crippen LogP contribution in [0.25, 0.3) is 0 Å². The number of carbonyl (C=O) groups excluding carboxylic acids is 1. The van der Waals surface area contributed by atoms with E-state index in [0.717, 1.165) is 57.5 Å². The molecule has 1 amide bonds. The molecule has 3 rings (SSSR count). The Morgan fingerprint density at radius 3 is 2.59 bits per heavy atom. The summed E-state index contributed by atoms with van der Waals surface area (Å²) in [6.45, 7) is 2.67. The van der Waals surface area contributed by atoms with Gasteiger partial charge in [-0.05, 0) is 44.2 Å². The van der Waals surface area contributed by atoms with Gasteiger partial charge in [0.25, 0.3) is 0 Å². The lowest BCUT2D eigenvalue weighted by atomic mass is 10.1. The van der Waals surface area contributed by atoms with E-state index in [2.05, 4.69) is 15.6 Å². The third-order valence-corrected chi connectivity index (χ3v) is 5.46. The van der Waals surface area contributed by atoms with Gasteiger partial charge >= 0.3 is 0 Å². The second-order valence-corrected chi connectivity index (χ2v) is 7.68. The highest BCUT2D eigenvalue weighted by Gasteiger charge is 2.24. The van der Waals surface area contributed by atoms with Crippen LogP contribution in [0.2, 0.25) is 0 Å². The van der Waals surface area contributed by atoms with Gasteiger partial charge in [-0.2, -0.15) is 0 Å². The lowest BCUT2D eigenvalue weighted by Gasteiger charge is -2.35. The molecule has 0 bridgehead atoms. The predicted octanol–water partition coefficient (Wildman–Crippen LogP) is 3.29. The van der Waals surface area contributed by atoms with Crippen LogP contribution in [0, 0.1) is 17.5 Å². The van der Waals surface area contributed by atoms with Crippen LogP contribution in [0.1, 0.15) is 32.1 Å². The monoisotopic (exact) mass is 570 g/mol. The molecule has 1 aromatic carbocycles. The number of hydrogen-bond donors (Lipinski definition) is 2. The maximum absolute atomic E-state index is 13.7. The molecule has 2 aliphatic rings. The third-order valence-electron chi connectivity index (χ3n) is 5.46. The average molecular weight is 570 g/mol. The smallest absolute Gasteiger partial charge is 0.243 e. The molecule has 32 heavy (non-hydrogen) atoms. The van der Waals surface area contributed by atoms with Crippen molar-refractivity contribution in [1.29, 1.82) is 0 Å². The van der Waals surface area contributed by atoms with E-state index in [0.29, 0.717) is 12.6 Å². The van der Waals surface area contributed by atoms with Crippen LogP contribution in [0.5, 0.6) is 0 Å². The summed E-state index contributed by atoms with van der Waals surface area (Å²) in [5.41, 5.74) is -0.416. The Balaban J connectivity index is 0.00000363. The van der Waals surface area contributed by atoms with E-state index in [1.807, 2.05) is 4.90 Å². The minimum Gasteiger partial charge on any atom is -0.376 e. The van der Waals surface area contributed by atoms with Gasteiger partial charge in [0.15, 0.2) is 23.4 Å². The molecule has 7 nitrogen and oxygen atoms in total. The van der Waals surface area contributed by atoms with Gasteiger partial charge in [-0.25, -0.2) is 13.2 Å². The Morgan fingerprint density at radius 1 is 1.19 bits per heavy atom. The van der Waals surface area contributed by atoms with Gasteiger partial charge in [0, 0.05) is 26.7 Å². The van der Waals surface area contributed by atoms with Crippen molar-refractivity contribution in [3.63, 3.8) is 0 Å². The number of nitrogens with zero attached hydrogens (tertiary/aromatic N) is 2. The van der Waals surface area contributed by atoms with Crippen molar-refractivity contribution in [3.8, 4) is 0 Å². The van der Waals surface area contributed by atoms with E-state index < -0.39 is 29.0 Å². The normalized spacial score (nSPS) is 19.9. The zero-order valence-electron chi connectivity index (χ0n) is 18.0. The molecule has 1 atom stereocenters. The molecular weight excluding hydrogens is 540 g/mol. The van der Waals surface area contributed by atoms with Gasteiger partial charge in [0.1, 0.15) is 0 Å². The number of likely N-dealkylation sites (tertiary alicyclic amines) is 1. The second kappa shape index (κ2) is 13.2. The average Bonchev–Trinajstić information content (AvgIpc) is 2.80. The number of aliphatic imine (C=N–C) groups is 1. The summed E-state index contributed by atoms with van der Waals surface area (Å²) in [6, 6.07) is 1.73. The Hall–Kier alpha value is -1.60. The van der Waals surface area contributed by atoms with E-state index in [4.69, 9.17) is 9.47 Å². The number of ether oxygens (including phenoxy) is 2. The number of nitrogens with one attached hydrogen (secondary N) is 2. The summed E-state index contributed by atoms with van der Waals surface area (Å²) in [7, 11) is 1.61. The molecule has 11 heteroatoms. The maximum atomic E-state index is 13.7. The van der Waals surface area contributed by atoms with Crippen LogP contribution in [0.15, 0.2) is 17.1 Å². The first-order valence-corrected chi connectivity index (χ1v) is 10.6. The van der Waals surface area contributed by atoms with Crippen LogP contribution in [0.4, 0.5) is 18.9 Å². The summed E-state index contributed by atoms with van der Waals surface area (Å²) in [5, 5.41) is 5.14. The van der Waals surface area contributed by atoms with Crippen molar-refractivity contribution in [2.24, 2.45) is 4.99 Å². The summed E-state index contributed by atoms with van der Waals surface area (Å²) in [5.74, 6) is -4.43. The highest BCUT2D eigenvalue weighted by Crippen LogP contribution is 2.20. The fourth-order valence-corrected chi connectivity index (χ4v) is 3.72. The first-order chi connectivity index (χ1) is 15.0. The lowest BCUT2D eigenvalue weighted by molar-refractivity contribution is -0.115. The van der Waals surface area contributed by atoms with Crippen LogP contribution < -0.4 is 10.6 Å². The van der Waals surface area contributed by atoms with Gasteiger partial charge in [-0.1, -0.05) is 0 Å². The van der Waals surface area contributed by atoms with E-state index in [9.17, 15) is 18.0 Å². The van der Waals surface area contributed by atoms with Crippen molar-refractivity contribution >= 4 is 41.5 Å². The van der Waals surface area contributed by atoms with Crippen molar-refractivity contribution in [2.45, 2.75) is 44.3 Å². The van der Waals surface area contributed by atoms with Crippen LogP contribution in [-0.4, -0.2) is 68.9 Å². The summed E-state index contributed by atoms with van der Waals surface area (Å²) < 4.78 is 51.7. The Bertz CT molecular complexity index is 786. The molecule has 2 aliphatic heterocycles. The Kier molecular flexibility index (Phi) is 11.0.